The van der Waals surface area contributed by atoms with Crippen molar-refractivity contribution in [1.29, 1.82) is 0 Å². The number of anilines is 2. The van der Waals surface area contributed by atoms with E-state index in [9.17, 15) is 0 Å². The predicted octanol–water partition coefficient (Wildman–Crippen LogP) is 4.20. The number of halogens is 1. The number of hydrogen-bond acceptors (Lipinski definition) is 2. The standard InChI is InChI=1S/C16H19ClN2/c1-13-8-9-14(12-16(13)17)18-10-11-19(2)15-6-4-3-5-7-15/h3-9,12,18H,10-11H2,1-2H3. The molecule has 0 bridgehead atoms. The summed E-state index contributed by atoms with van der Waals surface area (Å²) in [5, 5.41) is 4.19. The Bertz CT molecular complexity index is 526. The SMILES string of the molecule is Cc1ccc(NCCN(C)c2ccccc2)cc1Cl. The highest BCUT2D eigenvalue weighted by Gasteiger charge is 2.00. The first kappa shape index (κ1) is 13.8. The van der Waals surface area contributed by atoms with Crippen molar-refractivity contribution >= 4 is 23.0 Å². The lowest BCUT2D eigenvalue weighted by Gasteiger charge is -2.19. The highest BCUT2D eigenvalue weighted by atomic mass is 35.5. The average molecular weight is 275 g/mol. The molecule has 0 saturated heterocycles. The van der Waals surface area contributed by atoms with E-state index in [1.807, 2.05) is 25.1 Å². The van der Waals surface area contributed by atoms with Crippen molar-refractivity contribution in [3.63, 3.8) is 0 Å². The van der Waals surface area contributed by atoms with Gasteiger partial charge < -0.3 is 10.2 Å². The lowest BCUT2D eigenvalue weighted by molar-refractivity contribution is 0.915. The number of para-hydroxylation sites is 1. The minimum atomic E-state index is 0.807. The highest BCUT2D eigenvalue weighted by molar-refractivity contribution is 6.31. The van der Waals surface area contributed by atoms with E-state index >= 15 is 0 Å². The number of nitrogens with zero attached hydrogens (tertiary/aromatic N) is 1. The van der Waals surface area contributed by atoms with E-state index in [1.54, 1.807) is 0 Å². The molecule has 0 heterocycles. The summed E-state index contributed by atoms with van der Waals surface area (Å²) < 4.78 is 0. The largest absolute Gasteiger partial charge is 0.383 e. The van der Waals surface area contributed by atoms with Crippen LogP contribution >= 0.6 is 11.6 Å². The molecule has 0 aliphatic carbocycles. The van der Waals surface area contributed by atoms with E-state index in [-0.39, 0.29) is 0 Å². The molecule has 0 fully saturated rings. The number of hydrogen-bond donors (Lipinski definition) is 1. The van der Waals surface area contributed by atoms with Gasteiger partial charge in [-0.3, -0.25) is 0 Å². The predicted molar refractivity (Wildman–Crippen MR) is 84.4 cm³/mol. The molecule has 0 atom stereocenters. The highest BCUT2D eigenvalue weighted by Crippen LogP contribution is 2.19. The fourth-order valence-corrected chi connectivity index (χ4v) is 2.06. The molecule has 0 radical (unpaired) electrons. The van der Waals surface area contributed by atoms with Crippen molar-refractivity contribution in [2.75, 3.05) is 30.4 Å². The Morgan fingerprint density at radius 1 is 1.11 bits per heavy atom. The third-order valence-electron chi connectivity index (χ3n) is 3.15. The Morgan fingerprint density at radius 3 is 2.53 bits per heavy atom. The Balaban J connectivity index is 1.85. The molecule has 2 nitrogen and oxygen atoms in total. The van der Waals surface area contributed by atoms with E-state index in [0.717, 1.165) is 29.4 Å². The van der Waals surface area contributed by atoms with Crippen LogP contribution in [0, 0.1) is 6.92 Å². The molecule has 0 saturated carbocycles. The van der Waals surface area contributed by atoms with Crippen molar-refractivity contribution in [3.8, 4) is 0 Å². The van der Waals surface area contributed by atoms with Crippen LogP contribution in [0.15, 0.2) is 48.5 Å². The monoisotopic (exact) mass is 274 g/mol. The normalized spacial score (nSPS) is 10.3. The van der Waals surface area contributed by atoms with E-state index in [0.29, 0.717) is 0 Å². The van der Waals surface area contributed by atoms with Gasteiger partial charge in [-0.05, 0) is 36.8 Å². The smallest absolute Gasteiger partial charge is 0.0455 e. The number of aryl methyl sites for hydroxylation is 1. The molecule has 19 heavy (non-hydrogen) atoms. The van der Waals surface area contributed by atoms with Gasteiger partial charge in [-0.1, -0.05) is 35.9 Å². The molecule has 0 amide bonds. The second kappa shape index (κ2) is 6.48. The molecular weight excluding hydrogens is 256 g/mol. The molecule has 3 heteroatoms. The fraction of sp³-hybridized carbons (Fsp3) is 0.250. The zero-order valence-electron chi connectivity index (χ0n) is 11.4. The zero-order chi connectivity index (χ0) is 13.7. The van der Waals surface area contributed by atoms with Gasteiger partial charge >= 0.3 is 0 Å². The maximum absolute atomic E-state index is 6.10. The minimum absolute atomic E-state index is 0.807. The van der Waals surface area contributed by atoms with Crippen LogP contribution < -0.4 is 10.2 Å². The van der Waals surface area contributed by atoms with Crippen molar-refractivity contribution in [3.05, 3.63) is 59.1 Å². The molecule has 0 aromatic heterocycles. The van der Waals surface area contributed by atoms with Crippen LogP contribution in [0.5, 0.6) is 0 Å². The van der Waals surface area contributed by atoms with E-state index < -0.39 is 0 Å². The molecule has 2 aromatic carbocycles. The Labute approximate surface area is 120 Å². The van der Waals surface area contributed by atoms with Crippen molar-refractivity contribution in [1.82, 2.24) is 0 Å². The average Bonchev–Trinajstić information content (AvgIpc) is 2.43. The van der Waals surface area contributed by atoms with Gasteiger partial charge in [0, 0.05) is 36.5 Å². The van der Waals surface area contributed by atoms with Crippen molar-refractivity contribution in [2.45, 2.75) is 6.92 Å². The summed E-state index contributed by atoms with van der Waals surface area (Å²) in [6, 6.07) is 16.4. The van der Waals surface area contributed by atoms with Crippen LogP contribution in [-0.2, 0) is 0 Å². The van der Waals surface area contributed by atoms with Crippen LogP contribution in [0.3, 0.4) is 0 Å². The second-order valence-corrected chi connectivity index (χ2v) is 5.06. The number of rotatable bonds is 5. The zero-order valence-corrected chi connectivity index (χ0v) is 12.1. The molecule has 1 N–H and O–H groups in total. The first-order chi connectivity index (χ1) is 9.16. The van der Waals surface area contributed by atoms with Crippen LogP contribution in [0.4, 0.5) is 11.4 Å². The first-order valence-corrected chi connectivity index (χ1v) is 6.81. The lowest BCUT2D eigenvalue weighted by atomic mass is 10.2. The van der Waals surface area contributed by atoms with Crippen LogP contribution in [0.2, 0.25) is 5.02 Å². The van der Waals surface area contributed by atoms with Gasteiger partial charge in [-0.2, -0.15) is 0 Å². The van der Waals surface area contributed by atoms with E-state index in [4.69, 9.17) is 11.6 Å². The number of benzene rings is 2. The molecule has 0 aliphatic heterocycles. The number of nitrogens with one attached hydrogen (secondary N) is 1. The summed E-state index contributed by atoms with van der Waals surface area (Å²) in [4.78, 5) is 2.22. The van der Waals surface area contributed by atoms with Gasteiger partial charge in [-0.15, -0.1) is 0 Å². The molecule has 0 unspecified atom stereocenters. The third kappa shape index (κ3) is 3.90. The maximum atomic E-state index is 6.10. The maximum Gasteiger partial charge on any atom is 0.0455 e. The summed E-state index contributed by atoms with van der Waals surface area (Å²) in [6.07, 6.45) is 0. The van der Waals surface area contributed by atoms with Crippen molar-refractivity contribution < 1.29 is 0 Å². The summed E-state index contributed by atoms with van der Waals surface area (Å²) in [5.74, 6) is 0. The van der Waals surface area contributed by atoms with Gasteiger partial charge in [0.1, 0.15) is 0 Å². The summed E-state index contributed by atoms with van der Waals surface area (Å²) in [7, 11) is 2.10. The Hall–Kier alpha value is -1.67. The van der Waals surface area contributed by atoms with Gasteiger partial charge in [0.15, 0.2) is 0 Å². The van der Waals surface area contributed by atoms with E-state index in [1.165, 1.54) is 5.69 Å². The van der Waals surface area contributed by atoms with Gasteiger partial charge in [-0.25, -0.2) is 0 Å². The third-order valence-corrected chi connectivity index (χ3v) is 3.55. The van der Waals surface area contributed by atoms with Gasteiger partial charge in [0.05, 0.1) is 0 Å². The Morgan fingerprint density at radius 2 is 1.84 bits per heavy atom. The van der Waals surface area contributed by atoms with Gasteiger partial charge in [0.25, 0.3) is 0 Å². The lowest BCUT2D eigenvalue weighted by Crippen LogP contribution is -2.24. The molecule has 100 valence electrons. The van der Waals surface area contributed by atoms with Crippen LogP contribution in [0.1, 0.15) is 5.56 Å². The van der Waals surface area contributed by atoms with Crippen LogP contribution in [-0.4, -0.2) is 20.1 Å². The molecule has 2 rings (SSSR count). The topological polar surface area (TPSA) is 15.3 Å². The minimum Gasteiger partial charge on any atom is -0.383 e. The van der Waals surface area contributed by atoms with Crippen molar-refractivity contribution in [2.24, 2.45) is 0 Å². The summed E-state index contributed by atoms with van der Waals surface area (Å²) in [5.41, 5.74) is 3.40. The fourth-order valence-electron chi connectivity index (χ4n) is 1.88. The summed E-state index contributed by atoms with van der Waals surface area (Å²) in [6.45, 7) is 3.83. The number of likely N-dealkylation sites (N-methyl/N-ethyl adjacent to an activating group) is 1. The first-order valence-electron chi connectivity index (χ1n) is 6.43. The van der Waals surface area contributed by atoms with E-state index in [2.05, 4.69) is 47.6 Å². The van der Waals surface area contributed by atoms with Crippen LogP contribution in [0.25, 0.3) is 0 Å². The Kier molecular flexibility index (Phi) is 4.69. The molecule has 2 aromatic rings. The van der Waals surface area contributed by atoms with Gasteiger partial charge in [0.2, 0.25) is 0 Å². The second-order valence-electron chi connectivity index (χ2n) is 4.65. The molecule has 0 aliphatic rings. The quantitative estimate of drug-likeness (QED) is 0.879. The molecule has 0 spiro atoms. The molecular formula is C16H19ClN2. The summed E-state index contributed by atoms with van der Waals surface area (Å²) >= 11 is 6.10.